The standard InChI is InChI=1S/C21H27ClN4O/c22-19-4-1-2-5-20(19)26-14-12-25(13-15-26)11-3-10-24-21(27)18-8-6-17(16-23)7-9-18/h1-2,4-9H,3,10-16,23H2,(H,24,27). The number of halogens is 1. The second-order valence-electron chi connectivity index (χ2n) is 6.79. The van der Waals surface area contributed by atoms with Gasteiger partial charge in [-0.1, -0.05) is 35.9 Å². The molecule has 0 aromatic heterocycles. The third-order valence-corrected chi connectivity index (χ3v) is 5.27. The van der Waals surface area contributed by atoms with Crippen molar-refractivity contribution in [3.63, 3.8) is 0 Å². The summed E-state index contributed by atoms with van der Waals surface area (Å²) < 4.78 is 0. The van der Waals surface area contributed by atoms with E-state index in [1.54, 1.807) is 0 Å². The molecule has 0 aliphatic carbocycles. The number of nitrogens with zero attached hydrogens (tertiary/aromatic N) is 2. The summed E-state index contributed by atoms with van der Waals surface area (Å²) in [4.78, 5) is 16.9. The fraction of sp³-hybridized carbons (Fsp3) is 0.381. The van der Waals surface area contributed by atoms with Gasteiger partial charge in [-0.2, -0.15) is 0 Å². The topological polar surface area (TPSA) is 61.6 Å². The summed E-state index contributed by atoms with van der Waals surface area (Å²) >= 11 is 6.29. The fourth-order valence-corrected chi connectivity index (χ4v) is 3.57. The largest absolute Gasteiger partial charge is 0.368 e. The molecule has 1 heterocycles. The molecule has 0 atom stereocenters. The highest BCUT2D eigenvalue weighted by molar-refractivity contribution is 6.33. The highest BCUT2D eigenvalue weighted by Crippen LogP contribution is 2.25. The Morgan fingerprint density at radius 1 is 1.04 bits per heavy atom. The lowest BCUT2D eigenvalue weighted by molar-refractivity contribution is 0.0951. The van der Waals surface area contributed by atoms with E-state index in [2.05, 4.69) is 21.2 Å². The van der Waals surface area contributed by atoms with Gasteiger partial charge in [-0.25, -0.2) is 0 Å². The Kier molecular flexibility index (Phi) is 7.10. The maximum absolute atomic E-state index is 12.2. The SMILES string of the molecule is NCc1ccc(C(=O)NCCCN2CCN(c3ccccc3Cl)CC2)cc1. The minimum absolute atomic E-state index is 0.0258. The second kappa shape index (κ2) is 9.74. The number of benzene rings is 2. The van der Waals surface area contributed by atoms with E-state index >= 15 is 0 Å². The molecule has 27 heavy (non-hydrogen) atoms. The average molecular weight is 387 g/mol. The lowest BCUT2D eigenvalue weighted by Gasteiger charge is -2.36. The lowest BCUT2D eigenvalue weighted by atomic mass is 10.1. The molecule has 0 spiro atoms. The molecule has 1 amide bonds. The van der Waals surface area contributed by atoms with Crippen LogP contribution < -0.4 is 16.0 Å². The summed E-state index contributed by atoms with van der Waals surface area (Å²) in [5.41, 5.74) is 8.41. The van der Waals surface area contributed by atoms with Crippen molar-refractivity contribution in [2.45, 2.75) is 13.0 Å². The molecule has 6 heteroatoms. The van der Waals surface area contributed by atoms with E-state index in [-0.39, 0.29) is 5.91 Å². The third-order valence-electron chi connectivity index (χ3n) is 4.95. The van der Waals surface area contributed by atoms with Gasteiger partial charge in [0.05, 0.1) is 10.7 Å². The van der Waals surface area contributed by atoms with Gasteiger partial charge in [0.1, 0.15) is 0 Å². The molecule has 3 rings (SSSR count). The smallest absolute Gasteiger partial charge is 0.251 e. The summed E-state index contributed by atoms with van der Waals surface area (Å²) in [5.74, 6) is -0.0258. The summed E-state index contributed by atoms with van der Waals surface area (Å²) in [5, 5.41) is 3.81. The highest BCUT2D eigenvalue weighted by atomic mass is 35.5. The van der Waals surface area contributed by atoms with Crippen LogP contribution in [0.1, 0.15) is 22.3 Å². The Bertz CT molecular complexity index is 742. The first-order chi connectivity index (χ1) is 13.2. The third kappa shape index (κ3) is 5.45. The number of carbonyl (C=O) groups is 1. The molecule has 1 fully saturated rings. The minimum atomic E-state index is -0.0258. The number of para-hydroxylation sites is 1. The number of hydrogen-bond acceptors (Lipinski definition) is 4. The van der Waals surface area contributed by atoms with Crippen molar-refractivity contribution in [2.75, 3.05) is 44.2 Å². The highest BCUT2D eigenvalue weighted by Gasteiger charge is 2.18. The van der Waals surface area contributed by atoms with Crippen molar-refractivity contribution in [1.82, 2.24) is 10.2 Å². The number of nitrogens with one attached hydrogen (secondary N) is 1. The van der Waals surface area contributed by atoms with Gasteiger partial charge in [-0.15, -0.1) is 0 Å². The summed E-state index contributed by atoms with van der Waals surface area (Å²) in [6.07, 6.45) is 0.943. The van der Waals surface area contributed by atoms with Crippen LogP contribution in [0, 0.1) is 0 Å². The predicted octanol–water partition coefficient (Wildman–Crippen LogP) is 2.74. The van der Waals surface area contributed by atoms with Crippen LogP contribution in [-0.4, -0.2) is 50.1 Å². The molecule has 0 radical (unpaired) electrons. The van der Waals surface area contributed by atoms with Gasteiger partial charge in [-0.05, 0) is 42.8 Å². The lowest BCUT2D eigenvalue weighted by Crippen LogP contribution is -2.47. The Balaban J connectivity index is 1.35. The van der Waals surface area contributed by atoms with Crippen molar-refractivity contribution in [2.24, 2.45) is 5.73 Å². The van der Waals surface area contributed by atoms with Crippen LogP contribution in [0.25, 0.3) is 0 Å². The van der Waals surface area contributed by atoms with E-state index in [0.29, 0.717) is 18.7 Å². The van der Waals surface area contributed by atoms with Crippen molar-refractivity contribution >= 4 is 23.2 Å². The van der Waals surface area contributed by atoms with Crippen LogP contribution in [0.4, 0.5) is 5.69 Å². The molecule has 1 aliphatic heterocycles. The summed E-state index contributed by atoms with van der Waals surface area (Å²) in [7, 11) is 0. The Morgan fingerprint density at radius 2 is 1.74 bits per heavy atom. The molecule has 3 N–H and O–H groups in total. The van der Waals surface area contributed by atoms with Gasteiger partial charge in [0.2, 0.25) is 0 Å². The number of piperazine rings is 1. The van der Waals surface area contributed by atoms with Gasteiger partial charge < -0.3 is 16.0 Å². The minimum Gasteiger partial charge on any atom is -0.368 e. The molecule has 144 valence electrons. The van der Waals surface area contributed by atoms with E-state index in [4.69, 9.17) is 17.3 Å². The van der Waals surface area contributed by atoms with E-state index in [1.807, 2.05) is 42.5 Å². The molecule has 5 nitrogen and oxygen atoms in total. The molecule has 2 aromatic carbocycles. The first kappa shape index (κ1) is 19.7. The zero-order valence-corrected chi connectivity index (χ0v) is 16.3. The molecule has 1 saturated heterocycles. The Labute approximate surface area is 166 Å². The zero-order chi connectivity index (χ0) is 19.1. The summed E-state index contributed by atoms with van der Waals surface area (Å²) in [6.45, 7) is 6.14. The van der Waals surface area contributed by atoms with E-state index in [1.165, 1.54) is 0 Å². The quantitative estimate of drug-likeness (QED) is 0.718. The molecular weight excluding hydrogens is 360 g/mol. The molecule has 0 bridgehead atoms. The molecule has 1 aliphatic rings. The van der Waals surface area contributed by atoms with E-state index in [9.17, 15) is 4.79 Å². The fourth-order valence-electron chi connectivity index (χ4n) is 3.32. The van der Waals surface area contributed by atoms with E-state index < -0.39 is 0 Å². The van der Waals surface area contributed by atoms with Crippen molar-refractivity contribution in [3.8, 4) is 0 Å². The van der Waals surface area contributed by atoms with Crippen LogP contribution in [0.2, 0.25) is 5.02 Å². The van der Waals surface area contributed by atoms with Gasteiger partial charge in [0.25, 0.3) is 5.91 Å². The molecule has 0 unspecified atom stereocenters. The Hall–Kier alpha value is -2.08. The van der Waals surface area contributed by atoms with Crippen LogP contribution in [0.5, 0.6) is 0 Å². The van der Waals surface area contributed by atoms with Gasteiger partial charge in [0, 0.05) is 44.8 Å². The van der Waals surface area contributed by atoms with Gasteiger partial charge >= 0.3 is 0 Å². The molecular formula is C21H27ClN4O. The first-order valence-corrected chi connectivity index (χ1v) is 9.84. The molecule has 0 saturated carbocycles. The monoisotopic (exact) mass is 386 g/mol. The molecule has 2 aromatic rings. The van der Waals surface area contributed by atoms with Crippen LogP contribution in [0.3, 0.4) is 0 Å². The van der Waals surface area contributed by atoms with Gasteiger partial charge in [-0.3, -0.25) is 9.69 Å². The van der Waals surface area contributed by atoms with Crippen LogP contribution in [-0.2, 0) is 6.54 Å². The zero-order valence-electron chi connectivity index (χ0n) is 15.5. The normalized spacial score (nSPS) is 15.0. The van der Waals surface area contributed by atoms with E-state index in [0.717, 1.165) is 55.4 Å². The maximum Gasteiger partial charge on any atom is 0.251 e. The second-order valence-corrected chi connectivity index (χ2v) is 7.20. The Morgan fingerprint density at radius 3 is 2.41 bits per heavy atom. The van der Waals surface area contributed by atoms with Crippen LogP contribution >= 0.6 is 11.6 Å². The van der Waals surface area contributed by atoms with Crippen LogP contribution in [0.15, 0.2) is 48.5 Å². The predicted molar refractivity (Wildman–Crippen MR) is 111 cm³/mol. The number of anilines is 1. The maximum atomic E-state index is 12.2. The number of carbonyl (C=O) groups excluding carboxylic acids is 1. The van der Waals surface area contributed by atoms with Crippen molar-refractivity contribution in [3.05, 3.63) is 64.7 Å². The van der Waals surface area contributed by atoms with Gasteiger partial charge in [0.15, 0.2) is 0 Å². The summed E-state index contributed by atoms with van der Waals surface area (Å²) in [6, 6.07) is 15.4. The average Bonchev–Trinajstić information content (AvgIpc) is 2.72. The van der Waals surface area contributed by atoms with Crippen molar-refractivity contribution < 1.29 is 4.79 Å². The number of amides is 1. The number of nitrogens with two attached hydrogens (primary N) is 1. The number of rotatable bonds is 7. The first-order valence-electron chi connectivity index (χ1n) is 9.46. The van der Waals surface area contributed by atoms with Crippen molar-refractivity contribution in [1.29, 1.82) is 0 Å². The number of hydrogen-bond donors (Lipinski definition) is 2.